The molecule has 0 saturated heterocycles. The summed E-state index contributed by atoms with van der Waals surface area (Å²) in [7, 11) is 0. The summed E-state index contributed by atoms with van der Waals surface area (Å²) in [4.78, 5) is 4.25. The van der Waals surface area contributed by atoms with Gasteiger partial charge in [-0.3, -0.25) is 0 Å². The predicted molar refractivity (Wildman–Crippen MR) is 61.5 cm³/mol. The van der Waals surface area contributed by atoms with Crippen molar-refractivity contribution in [2.24, 2.45) is 0 Å². The van der Waals surface area contributed by atoms with Crippen LogP contribution in [0.15, 0.2) is 53.7 Å². The molecule has 70 valence electrons. The van der Waals surface area contributed by atoms with Crippen LogP contribution in [-0.2, 0) is 0 Å². The summed E-state index contributed by atoms with van der Waals surface area (Å²) in [5.41, 5.74) is 2.47. The van der Waals surface area contributed by atoms with Gasteiger partial charge in [-0.1, -0.05) is 30.3 Å². The highest BCUT2D eigenvalue weighted by Gasteiger charge is 1.97. The molecule has 0 saturated carbocycles. The second-order valence-electron chi connectivity index (χ2n) is 2.95. The Morgan fingerprint density at radius 3 is 2.50 bits per heavy atom. The number of hydrogen-bond donors (Lipinski definition) is 0. The minimum Gasteiger partial charge on any atom is -0.250 e. The van der Waals surface area contributed by atoms with Crippen LogP contribution < -0.4 is 0 Å². The standard InChI is InChI=1S/C12H11NS/c1-14-12-9-11(7-8-13-12)10-5-3-2-4-6-10/h2-9H,1H3. The number of hydrogen-bond acceptors (Lipinski definition) is 2. The molecule has 0 N–H and O–H groups in total. The lowest BCUT2D eigenvalue weighted by Crippen LogP contribution is -1.81. The fraction of sp³-hybridized carbons (Fsp3) is 0.0833. The Labute approximate surface area is 88.2 Å². The van der Waals surface area contributed by atoms with Crippen molar-refractivity contribution < 1.29 is 0 Å². The van der Waals surface area contributed by atoms with Crippen molar-refractivity contribution in [3.8, 4) is 11.1 Å². The quantitative estimate of drug-likeness (QED) is 0.690. The van der Waals surface area contributed by atoms with Crippen LogP contribution in [0.5, 0.6) is 0 Å². The molecule has 1 aromatic carbocycles. The van der Waals surface area contributed by atoms with Crippen molar-refractivity contribution in [1.82, 2.24) is 4.98 Å². The van der Waals surface area contributed by atoms with Crippen molar-refractivity contribution in [1.29, 1.82) is 0 Å². The summed E-state index contributed by atoms with van der Waals surface area (Å²) in [5.74, 6) is 0. The van der Waals surface area contributed by atoms with Gasteiger partial charge < -0.3 is 0 Å². The lowest BCUT2D eigenvalue weighted by atomic mass is 10.1. The zero-order chi connectivity index (χ0) is 9.80. The monoisotopic (exact) mass is 201 g/mol. The van der Waals surface area contributed by atoms with Gasteiger partial charge in [-0.15, -0.1) is 11.8 Å². The summed E-state index contributed by atoms with van der Waals surface area (Å²) >= 11 is 1.67. The number of aromatic nitrogens is 1. The van der Waals surface area contributed by atoms with Crippen LogP contribution in [0.3, 0.4) is 0 Å². The van der Waals surface area contributed by atoms with Crippen LogP contribution in [-0.4, -0.2) is 11.2 Å². The molecule has 0 aliphatic carbocycles. The maximum atomic E-state index is 4.25. The van der Waals surface area contributed by atoms with E-state index in [2.05, 4.69) is 35.3 Å². The van der Waals surface area contributed by atoms with Crippen LogP contribution in [0.25, 0.3) is 11.1 Å². The topological polar surface area (TPSA) is 12.9 Å². The molecule has 1 nitrogen and oxygen atoms in total. The van der Waals surface area contributed by atoms with Crippen molar-refractivity contribution >= 4 is 11.8 Å². The maximum absolute atomic E-state index is 4.25. The number of nitrogens with zero attached hydrogens (tertiary/aromatic N) is 1. The van der Waals surface area contributed by atoms with E-state index in [1.54, 1.807) is 11.8 Å². The van der Waals surface area contributed by atoms with Gasteiger partial charge in [-0.25, -0.2) is 4.98 Å². The number of benzene rings is 1. The van der Waals surface area contributed by atoms with Gasteiger partial charge in [0.15, 0.2) is 0 Å². The molecule has 2 aromatic rings. The van der Waals surface area contributed by atoms with Crippen LogP contribution in [0.4, 0.5) is 0 Å². The second-order valence-corrected chi connectivity index (χ2v) is 3.78. The van der Waals surface area contributed by atoms with Crippen molar-refractivity contribution in [2.75, 3.05) is 6.26 Å². The Kier molecular flexibility index (Phi) is 2.84. The molecule has 0 amide bonds. The van der Waals surface area contributed by atoms with E-state index < -0.39 is 0 Å². The fourth-order valence-corrected chi connectivity index (χ4v) is 1.74. The van der Waals surface area contributed by atoms with E-state index in [0.29, 0.717) is 0 Å². The minimum absolute atomic E-state index is 1.06. The van der Waals surface area contributed by atoms with Crippen LogP contribution in [0.1, 0.15) is 0 Å². The van der Waals surface area contributed by atoms with Gasteiger partial charge in [0.1, 0.15) is 0 Å². The van der Waals surface area contributed by atoms with Crippen molar-refractivity contribution in [3.63, 3.8) is 0 Å². The fourth-order valence-electron chi connectivity index (χ4n) is 1.33. The van der Waals surface area contributed by atoms with Gasteiger partial charge in [0, 0.05) is 6.20 Å². The minimum atomic E-state index is 1.06. The molecule has 0 radical (unpaired) electrons. The van der Waals surface area contributed by atoms with Gasteiger partial charge in [-0.2, -0.15) is 0 Å². The summed E-state index contributed by atoms with van der Waals surface area (Å²) < 4.78 is 0. The van der Waals surface area contributed by atoms with Gasteiger partial charge in [0.2, 0.25) is 0 Å². The molecule has 0 aliphatic rings. The van der Waals surface area contributed by atoms with Crippen LogP contribution in [0.2, 0.25) is 0 Å². The largest absolute Gasteiger partial charge is 0.250 e. The van der Waals surface area contributed by atoms with E-state index in [0.717, 1.165) is 5.03 Å². The zero-order valence-corrected chi connectivity index (χ0v) is 8.79. The first-order valence-electron chi connectivity index (χ1n) is 4.45. The molecule has 0 fully saturated rings. The summed E-state index contributed by atoms with van der Waals surface area (Å²) in [6.45, 7) is 0. The highest BCUT2D eigenvalue weighted by Crippen LogP contribution is 2.21. The molecule has 2 rings (SSSR count). The third-order valence-electron chi connectivity index (χ3n) is 2.05. The first kappa shape index (κ1) is 9.28. The normalized spacial score (nSPS) is 10.1. The van der Waals surface area contributed by atoms with E-state index in [-0.39, 0.29) is 0 Å². The summed E-state index contributed by atoms with van der Waals surface area (Å²) in [6.07, 6.45) is 3.89. The first-order valence-corrected chi connectivity index (χ1v) is 5.68. The molecular formula is C12H11NS. The number of thioether (sulfide) groups is 1. The number of rotatable bonds is 2. The van der Waals surface area contributed by atoms with Crippen LogP contribution in [0, 0.1) is 0 Å². The third kappa shape index (κ3) is 1.96. The molecular weight excluding hydrogens is 190 g/mol. The molecule has 0 unspecified atom stereocenters. The van der Waals surface area contributed by atoms with E-state index in [9.17, 15) is 0 Å². The first-order chi connectivity index (χ1) is 6.90. The van der Waals surface area contributed by atoms with E-state index in [1.165, 1.54) is 11.1 Å². The van der Waals surface area contributed by atoms with E-state index >= 15 is 0 Å². The second kappa shape index (κ2) is 4.29. The SMILES string of the molecule is CSc1cc(-c2ccccc2)ccn1. The van der Waals surface area contributed by atoms with Crippen molar-refractivity contribution in [2.45, 2.75) is 5.03 Å². The molecule has 0 spiro atoms. The average molecular weight is 201 g/mol. The van der Waals surface area contributed by atoms with Crippen molar-refractivity contribution in [3.05, 3.63) is 48.7 Å². The van der Waals surface area contributed by atoms with Crippen LogP contribution >= 0.6 is 11.8 Å². The molecule has 2 heteroatoms. The Morgan fingerprint density at radius 2 is 1.79 bits per heavy atom. The summed E-state index contributed by atoms with van der Waals surface area (Å²) in [6, 6.07) is 14.5. The molecule has 0 aliphatic heterocycles. The lowest BCUT2D eigenvalue weighted by Gasteiger charge is -2.02. The Morgan fingerprint density at radius 1 is 1.00 bits per heavy atom. The molecule has 14 heavy (non-hydrogen) atoms. The zero-order valence-electron chi connectivity index (χ0n) is 7.97. The Hall–Kier alpha value is -1.28. The smallest absolute Gasteiger partial charge is 0.0963 e. The number of pyridine rings is 1. The third-order valence-corrected chi connectivity index (χ3v) is 2.69. The van der Waals surface area contributed by atoms with Gasteiger partial charge >= 0.3 is 0 Å². The maximum Gasteiger partial charge on any atom is 0.0963 e. The van der Waals surface area contributed by atoms with Gasteiger partial charge in [-0.05, 0) is 29.5 Å². The molecule has 0 atom stereocenters. The molecule has 1 heterocycles. The molecule has 0 bridgehead atoms. The van der Waals surface area contributed by atoms with E-state index in [1.807, 2.05) is 24.6 Å². The Balaban J connectivity index is 2.42. The van der Waals surface area contributed by atoms with Gasteiger partial charge in [0.25, 0.3) is 0 Å². The molecule has 1 aromatic heterocycles. The van der Waals surface area contributed by atoms with E-state index in [4.69, 9.17) is 0 Å². The predicted octanol–water partition coefficient (Wildman–Crippen LogP) is 3.47. The highest BCUT2D eigenvalue weighted by molar-refractivity contribution is 7.98. The summed E-state index contributed by atoms with van der Waals surface area (Å²) in [5, 5.41) is 1.06. The highest BCUT2D eigenvalue weighted by atomic mass is 32.2. The average Bonchev–Trinajstić information content (AvgIpc) is 2.30. The Bertz CT molecular complexity index is 412. The van der Waals surface area contributed by atoms with Gasteiger partial charge in [0.05, 0.1) is 5.03 Å². The lowest BCUT2D eigenvalue weighted by molar-refractivity contribution is 1.14.